The second-order valence-corrected chi connectivity index (χ2v) is 4.31. The van der Waals surface area contributed by atoms with Crippen LogP contribution < -0.4 is 10.5 Å². The zero-order valence-electron chi connectivity index (χ0n) is 8.73. The molecule has 0 aliphatic rings. The summed E-state index contributed by atoms with van der Waals surface area (Å²) in [5.41, 5.74) is 6.53. The Bertz CT molecular complexity index is 366. The molecule has 0 spiro atoms. The van der Waals surface area contributed by atoms with Crippen molar-refractivity contribution in [2.45, 2.75) is 24.3 Å². The predicted molar refractivity (Wildman–Crippen MR) is 57.5 cm³/mol. The Morgan fingerprint density at radius 1 is 1.60 bits per heavy atom. The van der Waals surface area contributed by atoms with Gasteiger partial charge in [-0.1, -0.05) is 6.07 Å². The van der Waals surface area contributed by atoms with Crippen molar-refractivity contribution in [2.75, 3.05) is 7.11 Å². The van der Waals surface area contributed by atoms with Crippen molar-refractivity contribution in [2.24, 2.45) is 5.73 Å². The number of hydrogen-bond donors (Lipinski definition) is 1. The van der Waals surface area contributed by atoms with Crippen LogP contribution in [0.3, 0.4) is 0 Å². The average molecular weight is 228 g/mol. The molecule has 1 rings (SSSR count). The number of hydrogen-bond acceptors (Lipinski definition) is 4. The van der Waals surface area contributed by atoms with Gasteiger partial charge in [-0.25, -0.2) is 0 Å². The van der Waals surface area contributed by atoms with Crippen LogP contribution in [-0.4, -0.2) is 21.9 Å². The Morgan fingerprint density at radius 2 is 2.27 bits per heavy atom. The molecule has 2 atom stereocenters. The van der Waals surface area contributed by atoms with Crippen molar-refractivity contribution in [1.82, 2.24) is 0 Å². The van der Waals surface area contributed by atoms with Gasteiger partial charge in [0.15, 0.2) is 0 Å². The van der Waals surface area contributed by atoms with Crippen molar-refractivity contribution in [3.8, 4) is 5.75 Å². The van der Waals surface area contributed by atoms with Crippen LogP contribution in [-0.2, 0) is 17.5 Å². The molecule has 5 heteroatoms. The van der Waals surface area contributed by atoms with Crippen LogP contribution in [0.5, 0.6) is 5.75 Å². The lowest BCUT2D eigenvalue weighted by atomic mass is 10.1. The van der Waals surface area contributed by atoms with Crippen LogP contribution in [0.25, 0.3) is 0 Å². The molecule has 0 amide bonds. The third-order valence-electron chi connectivity index (χ3n) is 1.97. The zero-order valence-corrected chi connectivity index (χ0v) is 9.54. The SMILES string of the molecule is COc1ccc(C[C@@H](C)N)cc1S(=O)[O-]. The quantitative estimate of drug-likeness (QED) is 0.774. The maximum atomic E-state index is 10.9. The highest BCUT2D eigenvalue weighted by atomic mass is 32.2. The maximum Gasteiger partial charge on any atom is 0.133 e. The van der Waals surface area contributed by atoms with Gasteiger partial charge in [0.05, 0.1) is 12.0 Å². The summed E-state index contributed by atoms with van der Waals surface area (Å²) in [6, 6.07) is 5.05. The second-order valence-electron chi connectivity index (χ2n) is 3.40. The second kappa shape index (κ2) is 5.25. The number of benzene rings is 1. The van der Waals surface area contributed by atoms with Gasteiger partial charge in [0.1, 0.15) is 5.75 Å². The van der Waals surface area contributed by atoms with E-state index >= 15 is 0 Å². The molecule has 0 bridgehead atoms. The monoisotopic (exact) mass is 228 g/mol. The van der Waals surface area contributed by atoms with E-state index < -0.39 is 11.1 Å². The van der Waals surface area contributed by atoms with E-state index in [0.717, 1.165) is 5.56 Å². The van der Waals surface area contributed by atoms with Gasteiger partial charge in [-0.3, -0.25) is 4.21 Å². The van der Waals surface area contributed by atoms with Crippen molar-refractivity contribution in [1.29, 1.82) is 0 Å². The van der Waals surface area contributed by atoms with E-state index in [1.807, 2.05) is 13.0 Å². The van der Waals surface area contributed by atoms with Crippen molar-refractivity contribution in [3.05, 3.63) is 23.8 Å². The molecule has 0 fully saturated rings. The van der Waals surface area contributed by atoms with E-state index in [0.29, 0.717) is 12.2 Å². The Hall–Kier alpha value is -0.910. The molecule has 1 unspecified atom stereocenters. The summed E-state index contributed by atoms with van der Waals surface area (Å²) in [4.78, 5) is 0.177. The van der Waals surface area contributed by atoms with Crippen LogP contribution >= 0.6 is 0 Å². The molecule has 2 N–H and O–H groups in total. The minimum atomic E-state index is -2.28. The minimum Gasteiger partial charge on any atom is -0.768 e. The molecule has 0 radical (unpaired) electrons. The molecular weight excluding hydrogens is 214 g/mol. The van der Waals surface area contributed by atoms with E-state index in [-0.39, 0.29) is 10.9 Å². The molecule has 84 valence electrons. The van der Waals surface area contributed by atoms with E-state index in [4.69, 9.17) is 10.5 Å². The summed E-state index contributed by atoms with van der Waals surface area (Å²) in [6.07, 6.45) is 0.647. The summed E-state index contributed by atoms with van der Waals surface area (Å²) in [5.74, 6) is 0.358. The van der Waals surface area contributed by atoms with Gasteiger partial charge < -0.3 is 15.0 Å². The van der Waals surface area contributed by atoms with Crippen LogP contribution in [0.15, 0.2) is 23.1 Å². The summed E-state index contributed by atoms with van der Waals surface area (Å²) in [6.45, 7) is 1.87. The van der Waals surface area contributed by atoms with E-state index in [1.54, 1.807) is 12.1 Å². The van der Waals surface area contributed by atoms with E-state index in [2.05, 4.69) is 0 Å². The lowest BCUT2D eigenvalue weighted by molar-refractivity contribution is 0.401. The number of nitrogens with two attached hydrogens (primary N) is 1. The molecule has 0 aromatic heterocycles. The first-order chi connectivity index (χ1) is 7.04. The summed E-state index contributed by atoms with van der Waals surface area (Å²) >= 11 is -2.28. The highest BCUT2D eigenvalue weighted by Crippen LogP contribution is 2.23. The normalized spacial score (nSPS) is 14.7. The maximum absolute atomic E-state index is 10.9. The van der Waals surface area contributed by atoms with Crippen LogP contribution in [0, 0.1) is 0 Å². The van der Waals surface area contributed by atoms with Crippen molar-refractivity contribution in [3.63, 3.8) is 0 Å². The predicted octanol–water partition coefficient (Wildman–Crippen LogP) is 0.823. The fraction of sp³-hybridized carbons (Fsp3) is 0.400. The first-order valence-corrected chi connectivity index (χ1v) is 5.64. The lowest BCUT2D eigenvalue weighted by Crippen LogP contribution is -2.17. The first kappa shape index (κ1) is 12.2. The Labute approximate surface area is 91.7 Å². The van der Waals surface area contributed by atoms with Crippen molar-refractivity contribution >= 4 is 11.1 Å². The zero-order chi connectivity index (χ0) is 11.4. The average Bonchev–Trinajstić information content (AvgIpc) is 2.16. The molecule has 0 heterocycles. The van der Waals surface area contributed by atoms with Gasteiger partial charge in [-0.15, -0.1) is 0 Å². The number of methoxy groups -OCH3 is 1. The molecule has 1 aromatic carbocycles. The van der Waals surface area contributed by atoms with Crippen molar-refractivity contribution < 1.29 is 13.5 Å². The Balaban J connectivity index is 3.05. The van der Waals surface area contributed by atoms with Crippen LogP contribution in [0.1, 0.15) is 12.5 Å². The molecule has 1 aromatic rings. The summed E-state index contributed by atoms with van der Waals surface area (Å²) in [7, 11) is 1.44. The van der Waals surface area contributed by atoms with E-state index in [9.17, 15) is 8.76 Å². The molecule has 0 aliphatic heterocycles. The van der Waals surface area contributed by atoms with Crippen LogP contribution in [0.2, 0.25) is 0 Å². The topological polar surface area (TPSA) is 75.4 Å². The number of ether oxygens (including phenoxy) is 1. The summed E-state index contributed by atoms with van der Waals surface area (Å²) < 4.78 is 26.8. The van der Waals surface area contributed by atoms with Gasteiger partial charge in [-0.05, 0) is 42.1 Å². The molecule has 0 saturated carbocycles. The number of rotatable bonds is 4. The Kier molecular flexibility index (Phi) is 4.26. The fourth-order valence-corrected chi connectivity index (χ4v) is 1.91. The molecule has 0 aliphatic carbocycles. The third-order valence-corrected chi connectivity index (χ3v) is 2.64. The third kappa shape index (κ3) is 3.30. The largest absolute Gasteiger partial charge is 0.768 e. The summed E-state index contributed by atoms with van der Waals surface area (Å²) in [5, 5.41) is 0. The standard InChI is InChI=1S/C10H15NO3S/c1-7(11)5-8-3-4-9(14-2)10(6-8)15(12)13/h3-4,6-7H,5,11H2,1-2H3,(H,12,13)/p-1/t7-/m1/s1. The molecular formula is C10H14NO3S-. The molecule has 0 saturated heterocycles. The highest BCUT2D eigenvalue weighted by Gasteiger charge is 2.06. The fourth-order valence-electron chi connectivity index (χ4n) is 1.35. The molecule has 4 nitrogen and oxygen atoms in total. The Morgan fingerprint density at radius 3 is 2.73 bits per heavy atom. The lowest BCUT2D eigenvalue weighted by Gasteiger charge is -2.13. The minimum absolute atomic E-state index is 0.00586. The first-order valence-electron chi connectivity index (χ1n) is 4.56. The van der Waals surface area contributed by atoms with Gasteiger partial charge in [-0.2, -0.15) is 0 Å². The van der Waals surface area contributed by atoms with Crippen LogP contribution in [0.4, 0.5) is 0 Å². The van der Waals surface area contributed by atoms with Gasteiger partial charge in [0, 0.05) is 6.04 Å². The van der Waals surface area contributed by atoms with Gasteiger partial charge >= 0.3 is 0 Å². The smallest absolute Gasteiger partial charge is 0.133 e. The van der Waals surface area contributed by atoms with Gasteiger partial charge in [0.2, 0.25) is 0 Å². The highest BCUT2D eigenvalue weighted by molar-refractivity contribution is 7.79. The van der Waals surface area contributed by atoms with Gasteiger partial charge in [0.25, 0.3) is 0 Å². The molecule has 15 heavy (non-hydrogen) atoms. The van der Waals surface area contributed by atoms with E-state index in [1.165, 1.54) is 7.11 Å².